The molecule has 0 atom stereocenters. The van der Waals surface area contributed by atoms with Crippen molar-refractivity contribution >= 4 is 5.97 Å². The molecule has 20 heavy (non-hydrogen) atoms. The zero-order chi connectivity index (χ0) is 15.1. The van der Waals surface area contributed by atoms with Gasteiger partial charge < -0.3 is 14.6 Å². The van der Waals surface area contributed by atoms with Gasteiger partial charge in [-0.3, -0.25) is 4.79 Å². The molecule has 0 bridgehead atoms. The first-order valence-corrected chi connectivity index (χ1v) is 5.84. The number of carbonyl (C=O) groups is 1. The van der Waals surface area contributed by atoms with Crippen molar-refractivity contribution in [2.24, 2.45) is 5.41 Å². The predicted octanol–water partition coefficient (Wildman–Crippen LogP) is 3.09. The molecule has 0 radical (unpaired) electrons. The Balaban J connectivity index is 2.48. The van der Waals surface area contributed by atoms with Crippen molar-refractivity contribution in [1.82, 2.24) is 0 Å². The van der Waals surface area contributed by atoms with Gasteiger partial charge in [-0.1, -0.05) is 0 Å². The molecule has 0 saturated carbocycles. The number of halogens is 3. The molecular formula is C13H13F3O4. The van der Waals surface area contributed by atoms with Crippen molar-refractivity contribution < 1.29 is 32.5 Å². The normalized spacial score (nSPS) is 14.4. The maximum Gasteiger partial charge on any atom is 0.416 e. The Morgan fingerprint density at radius 2 is 1.80 bits per heavy atom. The summed E-state index contributed by atoms with van der Waals surface area (Å²) in [6.45, 7) is 2.61. The molecule has 0 amide bonds. The molecule has 0 aromatic heterocycles. The molecule has 0 saturated heterocycles. The highest BCUT2D eigenvalue weighted by Gasteiger charge is 2.38. The van der Waals surface area contributed by atoms with Crippen molar-refractivity contribution in [2.45, 2.75) is 26.4 Å². The van der Waals surface area contributed by atoms with Crippen LogP contribution in [0.2, 0.25) is 0 Å². The Kier molecular flexibility index (Phi) is 3.31. The van der Waals surface area contributed by atoms with E-state index in [2.05, 4.69) is 0 Å². The largest absolute Gasteiger partial charge is 0.481 e. The molecule has 1 N–H and O–H groups in total. The molecule has 0 spiro atoms. The molecule has 4 nitrogen and oxygen atoms in total. The molecule has 1 aliphatic heterocycles. The second-order valence-corrected chi connectivity index (χ2v) is 5.23. The molecule has 2 rings (SSSR count). The third-order valence-electron chi connectivity index (χ3n) is 3.12. The van der Waals surface area contributed by atoms with Gasteiger partial charge in [0.15, 0.2) is 11.5 Å². The predicted molar refractivity (Wildman–Crippen MR) is 62.7 cm³/mol. The van der Waals surface area contributed by atoms with Crippen LogP contribution >= 0.6 is 0 Å². The minimum absolute atomic E-state index is 0.0224. The van der Waals surface area contributed by atoms with E-state index in [0.717, 1.165) is 6.07 Å². The van der Waals surface area contributed by atoms with Gasteiger partial charge in [0.05, 0.1) is 11.0 Å². The van der Waals surface area contributed by atoms with E-state index in [4.69, 9.17) is 14.6 Å². The lowest BCUT2D eigenvalue weighted by Gasteiger charge is -2.22. The van der Waals surface area contributed by atoms with Crippen LogP contribution in [0.4, 0.5) is 13.2 Å². The topological polar surface area (TPSA) is 55.8 Å². The zero-order valence-corrected chi connectivity index (χ0v) is 10.9. The van der Waals surface area contributed by atoms with E-state index in [0.29, 0.717) is 0 Å². The minimum atomic E-state index is -4.58. The first-order chi connectivity index (χ1) is 9.11. The quantitative estimate of drug-likeness (QED) is 0.929. The fourth-order valence-corrected chi connectivity index (χ4v) is 1.95. The van der Waals surface area contributed by atoms with E-state index in [1.54, 1.807) is 0 Å². The summed E-state index contributed by atoms with van der Waals surface area (Å²) in [5, 5.41) is 9.05. The van der Waals surface area contributed by atoms with Crippen LogP contribution in [0.3, 0.4) is 0 Å². The van der Waals surface area contributed by atoms with E-state index >= 15 is 0 Å². The third-order valence-corrected chi connectivity index (χ3v) is 3.12. The van der Waals surface area contributed by atoms with Gasteiger partial charge in [0.25, 0.3) is 0 Å². The van der Waals surface area contributed by atoms with Gasteiger partial charge in [-0.15, -0.1) is 0 Å². The summed E-state index contributed by atoms with van der Waals surface area (Å²) in [6, 6.07) is 2.06. The van der Waals surface area contributed by atoms with Crippen molar-refractivity contribution in [3.63, 3.8) is 0 Å². The lowest BCUT2D eigenvalue weighted by atomic mass is 9.84. The van der Waals surface area contributed by atoms with Gasteiger partial charge in [-0.05, 0) is 38.0 Å². The zero-order valence-electron chi connectivity index (χ0n) is 10.9. The minimum Gasteiger partial charge on any atom is -0.481 e. The Labute approximate surface area is 113 Å². The van der Waals surface area contributed by atoms with Crippen LogP contribution in [0.5, 0.6) is 11.5 Å². The highest BCUT2D eigenvalue weighted by molar-refractivity contribution is 5.74. The van der Waals surface area contributed by atoms with Crippen molar-refractivity contribution in [3.05, 3.63) is 23.3 Å². The monoisotopic (exact) mass is 290 g/mol. The molecule has 0 aliphatic carbocycles. The van der Waals surface area contributed by atoms with Crippen LogP contribution in [0.15, 0.2) is 12.1 Å². The average molecular weight is 290 g/mol. The highest BCUT2D eigenvalue weighted by Crippen LogP contribution is 2.42. The Morgan fingerprint density at radius 3 is 2.30 bits per heavy atom. The van der Waals surface area contributed by atoms with Crippen LogP contribution in [0.25, 0.3) is 0 Å². The van der Waals surface area contributed by atoms with Crippen LogP contribution in [-0.4, -0.2) is 17.9 Å². The van der Waals surface area contributed by atoms with E-state index < -0.39 is 23.1 Å². The number of aliphatic carboxylic acids is 1. The van der Waals surface area contributed by atoms with Gasteiger partial charge in [0, 0.05) is 0 Å². The number of ether oxygens (including phenoxy) is 2. The summed E-state index contributed by atoms with van der Waals surface area (Å²) in [4.78, 5) is 11.1. The molecule has 1 aromatic carbocycles. The van der Waals surface area contributed by atoms with Crippen molar-refractivity contribution in [2.75, 3.05) is 6.79 Å². The number of alkyl halides is 3. The summed E-state index contributed by atoms with van der Waals surface area (Å²) in [5.41, 5.74) is -2.32. The standard InChI is InChI=1S/C13H13F3O4/c1-12(2,11(17)18)5-7-3-9-10(20-6-19-9)4-8(7)13(14,15)16/h3-4H,5-6H2,1-2H3,(H,17,18). The molecule has 1 aromatic rings. The molecule has 110 valence electrons. The van der Waals surface area contributed by atoms with E-state index in [1.165, 1.54) is 19.9 Å². The third kappa shape index (κ3) is 2.66. The van der Waals surface area contributed by atoms with Crippen LogP contribution in [0.1, 0.15) is 25.0 Å². The molecule has 0 unspecified atom stereocenters. The molecule has 1 heterocycles. The van der Waals surface area contributed by atoms with E-state index in [9.17, 15) is 18.0 Å². The van der Waals surface area contributed by atoms with E-state index in [-0.39, 0.29) is 30.3 Å². The number of carboxylic acid groups (broad SMARTS) is 1. The number of hydrogen-bond acceptors (Lipinski definition) is 3. The van der Waals surface area contributed by atoms with Crippen LogP contribution in [-0.2, 0) is 17.4 Å². The smallest absolute Gasteiger partial charge is 0.416 e. The second-order valence-electron chi connectivity index (χ2n) is 5.23. The Hall–Kier alpha value is -1.92. The summed E-state index contributed by atoms with van der Waals surface area (Å²) in [6.07, 6.45) is -4.83. The number of carboxylic acids is 1. The van der Waals surface area contributed by atoms with Gasteiger partial charge >= 0.3 is 12.1 Å². The second kappa shape index (κ2) is 4.57. The fraction of sp³-hybridized carbons (Fsp3) is 0.462. The van der Waals surface area contributed by atoms with E-state index in [1.807, 2.05) is 0 Å². The molecule has 0 fully saturated rings. The van der Waals surface area contributed by atoms with Gasteiger partial charge in [0.2, 0.25) is 6.79 Å². The number of benzene rings is 1. The molecule has 1 aliphatic rings. The lowest BCUT2D eigenvalue weighted by Crippen LogP contribution is -2.27. The first-order valence-electron chi connectivity index (χ1n) is 5.84. The van der Waals surface area contributed by atoms with Gasteiger partial charge in [-0.2, -0.15) is 13.2 Å². The average Bonchev–Trinajstić information content (AvgIpc) is 2.72. The highest BCUT2D eigenvalue weighted by atomic mass is 19.4. The van der Waals surface area contributed by atoms with Crippen LogP contribution < -0.4 is 9.47 Å². The Morgan fingerprint density at radius 1 is 1.25 bits per heavy atom. The lowest BCUT2D eigenvalue weighted by molar-refractivity contribution is -0.148. The van der Waals surface area contributed by atoms with Crippen LogP contribution in [0, 0.1) is 5.41 Å². The van der Waals surface area contributed by atoms with Gasteiger partial charge in [-0.25, -0.2) is 0 Å². The molecular weight excluding hydrogens is 277 g/mol. The fourth-order valence-electron chi connectivity index (χ4n) is 1.95. The maximum absolute atomic E-state index is 13.0. The SMILES string of the molecule is CC(C)(Cc1cc2c(cc1C(F)(F)F)OCO2)C(=O)O. The Bertz CT molecular complexity index is 549. The van der Waals surface area contributed by atoms with Crippen molar-refractivity contribution in [3.8, 4) is 11.5 Å². The molecule has 7 heteroatoms. The van der Waals surface area contributed by atoms with Gasteiger partial charge in [0.1, 0.15) is 0 Å². The summed E-state index contributed by atoms with van der Waals surface area (Å²) in [7, 11) is 0. The van der Waals surface area contributed by atoms with Crippen molar-refractivity contribution in [1.29, 1.82) is 0 Å². The number of fused-ring (bicyclic) bond motifs is 1. The number of rotatable bonds is 3. The maximum atomic E-state index is 13.0. The summed E-state index contributed by atoms with van der Waals surface area (Å²) >= 11 is 0. The first kappa shape index (κ1) is 14.5. The summed E-state index contributed by atoms with van der Waals surface area (Å²) in [5.74, 6) is -0.938. The summed E-state index contributed by atoms with van der Waals surface area (Å²) < 4.78 is 49.1. The number of hydrogen-bond donors (Lipinski definition) is 1.